The minimum atomic E-state index is 0.00719. The van der Waals surface area contributed by atoms with Crippen molar-refractivity contribution in [3.05, 3.63) is 35.9 Å². The molecule has 2 aliphatic heterocycles. The van der Waals surface area contributed by atoms with E-state index in [1.54, 1.807) is 0 Å². The molecule has 2 heterocycles. The fourth-order valence-corrected chi connectivity index (χ4v) is 3.29. The number of aryl methyl sites for hydroxylation is 1. The highest BCUT2D eigenvalue weighted by molar-refractivity contribution is 5.74. The number of carbonyl (C=O) groups is 1. The van der Waals surface area contributed by atoms with Gasteiger partial charge in [0.25, 0.3) is 0 Å². The lowest BCUT2D eigenvalue weighted by Gasteiger charge is -2.18. The van der Waals surface area contributed by atoms with Gasteiger partial charge in [0.15, 0.2) is 0 Å². The largest absolute Gasteiger partial charge is 0.465 e. The van der Waals surface area contributed by atoms with Crippen molar-refractivity contribution in [2.45, 2.75) is 44.2 Å². The van der Waals surface area contributed by atoms with E-state index >= 15 is 0 Å². The summed E-state index contributed by atoms with van der Waals surface area (Å²) in [4.78, 5) is 12.0. The molecule has 2 fully saturated rings. The number of nitrogens with one attached hydrogen (secondary N) is 1. The van der Waals surface area contributed by atoms with Crippen LogP contribution < -0.4 is 5.32 Å². The summed E-state index contributed by atoms with van der Waals surface area (Å²) in [5.74, 6) is 0.114. The predicted octanol–water partition coefficient (Wildman–Crippen LogP) is 2.30. The highest BCUT2D eigenvalue weighted by Crippen LogP contribution is 2.33. The van der Waals surface area contributed by atoms with Crippen LogP contribution in [0.15, 0.2) is 30.3 Å². The average Bonchev–Trinajstić information content (AvgIpc) is 3.07. The summed E-state index contributed by atoms with van der Waals surface area (Å²) in [5.41, 5.74) is 1.31. The summed E-state index contributed by atoms with van der Waals surface area (Å²) in [5, 5.41) is 3.47. The standard InChI is InChI=1S/C16H21NO2/c18-16(14-11-13-8-9-15(14)17-13)19-10-4-7-12-5-2-1-3-6-12/h1-3,5-6,13-15,17H,4,7-11H2. The van der Waals surface area contributed by atoms with Crippen molar-refractivity contribution in [3.8, 4) is 0 Å². The van der Waals surface area contributed by atoms with Gasteiger partial charge < -0.3 is 10.1 Å². The fourth-order valence-electron chi connectivity index (χ4n) is 3.29. The van der Waals surface area contributed by atoms with Gasteiger partial charge in [-0.1, -0.05) is 30.3 Å². The Bertz CT molecular complexity index is 432. The van der Waals surface area contributed by atoms with Crippen LogP contribution in [0, 0.1) is 5.92 Å². The van der Waals surface area contributed by atoms with Crippen LogP contribution in [0.25, 0.3) is 0 Å². The van der Waals surface area contributed by atoms with Crippen molar-refractivity contribution >= 4 is 5.97 Å². The zero-order valence-corrected chi connectivity index (χ0v) is 11.2. The van der Waals surface area contributed by atoms with Gasteiger partial charge in [-0.25, -0.2) is 0 Å². The minimum Gasteiger partial charge on any atom is -0.465 e. The normalized spacial score (nSPS) is 28.5. The zero-order chi connectivity index (χ0) is 13.1. The van der Waals surface area contributed by atoms with E-state index in [-0.39, 0.29) is 11.9 Å². The summed E-state index contributed by atoms with van der Waals surface area (Å²) in [7, 11) is 0. The van der Waals surface area contributed by atoms with Crippen molar-refractivity contribution < 1.29 is 9.53 Å². The summed E-state index contributed by atoms with van der Waals surface area (Å²) < 4.78 is 5.42. The summed E-state index contributed by atoms with van der Waals surface area (Å²) in [6.45, 7) is 0.543. The number of carbonyl (C=O) groups excluding carboxylic acids is 1. The number of ether oxygens (including phenoxy) is 1. The molecule has 102 valence electrons. The highest BCUT2D eigenvalue weighted by atomic mass is 16.5. The Kier molecular flexibility index (Phi) is 3.83. The van der Waals surface area contributed by atoms with Gasteiger partial charge in [-0.3, -0.25) is 4.79 Å². The molecule has 1 aromatic rings. The maximum atomic E-state index is 12.0. The zero-order valence-electron chi connectivity index (χ0n) is 11.2. The Morgan fingerprint density at radius 2 is 2.11 bits per heavy atom. The van der Waals surface area contributed by atoms with Gasteiger partial charge in [0.1, 0.15) is 0 Å². The lowest BCUT2D eigenvalue weighted by Crippen LogP contribution is -2.30. The molecule has 2 saturated heterocycles. The van der Waals surface area contributed by atoms with Gasteiger partial charge in [-0.05, 0) is 37.7 Å². The Morgan fingerprint density at radius 1 is 1.26 bits per heavy atom. The van der Waals surface area contributed by atoms with Crippen molar-refractivity contribution in [2.24, 2.45) is 5.92 Å². The molecule has 3 heteroatoms. The molecule has 0 radical (unpaired) electrons. The Balaban J connectivity index is 1.37. The van der Waals surface area contributed by atoms with Gasteiger partial charge >= 0.3 is 5.97 Å². The van der Waals surface area contributed by atoms with Crippen molar-refractivity contribution in [3.63, 3.8) is 0 Å². The molecule has 1 aromatic carbocycles. The molecular weight excluding hydrogens is 238 g/mol. The Labute approximate surface area is 114 Å². The maximum Gasteiger partial charge on any atom is 0.310 e. The third-order valence-electron chi connectivity index (χ3n) is 4.30. The second kappa shape index (κ2) is 5.74. The van der Waals surface area contributed by atoms with Crippen LogP contribution >= 0.6 is 0 Å². The fraction of sp³-hybridized carbons (Fsp3) is 0.562. The van der Waals surface area contributed by atoms with Crippen LogP contribution in [0.2, 0.25) is 0 Å². The lowest BCUT2D eigenvalue weighted by atomic mass is 9.89. The molecular formula is C16H21NO2. The van der Waals surface area contributed by atoms with Crippen LogP contribution in [0.1, 0.15) is 31.2 Å². The topological polar surface area (TPSA) is 38.3 Å². The van der Waals surface area contributed by atoms with E-state index in [1.807, 2.05) is 18.2 Å². The Hall–Kier alpha value is -1.35. The number of fused-ring (bicyclic) bond motifs is 2. The smallest absolute Gasteiger partial charge is 0.310 e. The third kappa shape index (κ3) is 2.98. The predicted molar refractivity (Wildman–Crippen MR) is 73.8 cm³/mol. The van der Waals surface area contributed by atoms with E-state index in [1.165, 1.54) is 12.0 Å². The van der Waals surface area contributed by atoms with E-state index < -0.39 is 0 Å². The highest BCUT2D eigenvalue weighted by Gasteiger charge is 2.43. The first-order valence-corrected chi connectivity index (χ1v) is 7.29. The molecule has 0 aromatic heterocycles. The van der Waals surface area contributed by atoms with Crippen LogP contribution in [0.4, 0.5) is 0 Å². The minimum absolute atomic E-state index is 0.00719. The number of esters is 1. The SMILES string of the molecule is O=C(OCCCc1ccccc1)C1CC2CCC1N2. The first kappa shape index (κ1) is 12.7. The number of hydrogen-bond donors (Lipinski definition) is 1. The van der Waals surface area contributed by atoms with E-state index in [0.29, 0.717) is 18.7 Å². The van der Waals surface area contributed by atoms with Gasteiger partial charge in [0.2, 0.25) is 0 Å². The molecule has 0 saturated carbocycles. The van der Waals surface area contributed by atoms with Crippen molar-refractivity contribution in [1.82, 2.24) is 5.32 Å². The molecule has 1 N–H and O–H groups in total. The summed E-state index contributed by atoms with van der Waals surface area (Å²) in [6.07, 6.45) is 5.21. The van der Waals surface area contributed by atoms with Crippen molar-refractivity contribution in [1.29, 1.82) is 0 Å². The lowest BCUT2D eigenvalue weighted by molar-refractivity contribution is -0.149. The van der Waals surface area contributed by atoms with Crippen LogP contribution in [-0.4, -0.2) is 24.7 Å². The molecule has 0 amide bonds. The molecule has 0 aliphatic carbocycles. The number of rotatable bonds is 5. The van der Waals surface area contributed by atoms with E-state index in [4.69, 9.17) is 4.74 Å². The molecule has 3 rings (SSSR count). The van der Waals surface area contributed by atoms with E-state index in [2.05, 4.69) is 17.4 Å². The molecule has 3 nitrogen and oxygen atoms in total. The first-order valence-electron chi connectivity index (χ1n) is 7.29. The third-order valence-corrected chi connectivity index (χ3v) is 4.30. The van der Waals surface area contributed by atoms with Crippen LogP contribution in [0.5, 0.6) is 0 Å². The van der Waals surface area contributed by atoms with Gasteiger partial charge in [-0.2, -0.15) is 0 Å². The second-order valence-corrected chi connectivity index (χ2v) is 5.65. The van der Waals surface area contributed by atoms with Gasteiger partial charge in [0.05, 0.1) is 12.5 Å². The van der Waals surface area contributed by atoms with E-state index in [0.717, 1.165) is 25.7 Å². The summed E-state index contributed by atoms with van der Waals surface area (Å²) >= 11 is 0. The Morgan fingerprint density at radius 3 is 2.79 bits per heavy atom. The molecule has 19 heavy (non-hydrogen) atoms. The maximum absolute atomic E-state index is 12.0. The molecule has 2 bridgehead atoms. The van der Waals surface area contributed by atoms with Gasteiger partial charge in [0, 0.05) is 12.1 Å². The monoisotopic (exact) mass is 259 g/mol. The quantitative estimate of drug-likeness (QED) is 0.651. The van der Waals surface area contributed by atoms with Gasteiger partial charge in [-0.15, -0.1) is 0 Å². The average molecular weight is 259 g/mol. The molecule has 3 unspecified atom stereocenters. The summed E-state index contributed by atoms with van der Waals surface area (Å²) in [6, 6.07) is 11.3. The first-order chi connectivity index (χ1) is 9.33. The second-order valence-electron chi connectivity index (χ2n) is 5.65. The van der Waals surface area contributed by atoms with Crippen LogP contribution in [0.3, 0.4) is 0 Å². The molecule has 2 aliphatic rings. The number of benzene rings is 1. The number of hydrogen-bond acceptors (Lipinski definition) is 3. The molecule has 0 spiro atoms. The van der Waals surface area contributed by atoms with Crippen LogP contribution in [-0.2, 0) is 16.0 Å². The van der Waals surface area contributed by atoms with Crippen molar-refractivity contribution in [2.75, 3.05) is 6.61 Å². The molecule has 3 atom stereocenters. The van der Waals surface area contributed by atoms with E-state index in [9.17, 15) is 4.79 Å².